The highest BCUT2D eigenvalue weighted by Gasteiger charge is 2.28. The molecular weight excluding hydrogens is 140 g/mol. The number of halogens is 3. The molecule has 0 bridgehead atoms. The van der Waals surface area contributed by atoms with E-state index in [2.05, 4.69) is 0 Å². The summed E-state index contributed by atoms with van der Waals surface area (Å²) in [6, 6.07) is 0. The van der Waals surface area contributed by atoms with Crippen molar-refractivity contribution >= 4 is 7.80 Å². The van der Waals surface area contributed by atoms with Crippen LogP contribution < -0.4 is 0 Å². The van der Waals surface area contributed by atoms with Gasteiger partial charge < -0.3 is 4.57 Å². The van der Waals surface area contributed by atoms with Crippen molar-refractivity contribution in [2.24, 2.45) is 0 Å². The van der Waals surface area contributed by atoms with Crippen molar-refractivity contribution in [3.8, 4) is 0 Å². The second-order valence-corrected chi connectivity index (χ2v) is 3.25. The Balaban J connectivity index is 3.55. The fourth-order valence-electron chi connectivity index (χ4n) is 0.282. The lowest BCUT2D eigenvalue weighted by Crippen LogP contribution is -2.09. The van der Waals surface area contributed by atoms with E-state index in [0.717, 1.165) is 6.66 Å². The lowest BCUT2D eigenvalue weighted by molar-refractivity contribution is -0.106. The van der Waals surface area contributed by atoms with Crippen LogP contribution in [0, 0.1) is 0 Å². The van der Waals surface area contributed by atoms with Gasteiger partial charge in [0.25, 0.3) is 0 Å². The molecule has 0 aliphatic heterocycles. The number of rotatable bonds is 1. The predicted molar refractivity (Wildman–Crippen MR) is 25.8 cm³/mol. The molecule has 50 valence electrons. The molecule has 0 N–H and O–H groups in total. The second-order valence-electron chi connectivity index (χ2n) is 1.49. The lowest BCUT2D eigenvalue weighted by atomic mass is 10.8. The Morgan fingerprint density at radius 2 is 1.88 bits per heavy atom. The summed E-state index contributed by atoms with van der Waals surface area (Å²) >= 11 is 0. The van der Waals surface area contributed by atoms with Gasteiger partial charge in [-0.25, -0.2) is 0 Å². The molecule has 0 heterocycles. The molecule has 0 saturated heterocycles. The smallest absolute Gasteiger partial charge is 0.327 e. The van der Waals surface area contributed by atoms with E-state index in [4.69, 9.17) is 0 Å². The lowest BCUT2D eigenvalue weighted by Gasteiger charge is -2.00. The fourth-order valence-corrected chi connectivity index (χ4v) is 0.847. The van der Waals surface area contributed by atoms with Crippen LogP contribution in [-0.2, 0) is 4.57 Å². The summed E-state index contributed by atoms with van der Waals surface area (Å²) in [4.78, 5) is 0. The van der Waals surface area contributed by atoms with Crippen LogP contribution >= 0.6 is 7.80 Å². The van der Waals surface area contributed by atoms with Gasteiger partial charge in [-0.15, -0.1) is 0 Å². The molecule has 5 heteroatoms. The molecule has 0 fully saturated rings. The highest BCUT2D eigenvalue weighted by molar-refractivity contribution is 7.43. The summed E-state index contributed by atoms with van der Waals surface area (Å²) in [5, 5.41) is 0. The maximum Gasteiger partial charge on any atom is 0.395 e. The molecule has 0 spiro atoms. The van der Waals surface area contributed by atoms with Crippen molar-refractivity contribution < 1.29 is 17.7 Å². The first-order valence-electron chi connectivity index (χ1n) is 1.98. The number of alkyl halides is 3. The Morgan fingerprint density at radius 3 is 1.88 bits per heavy atom. The molecular formula is C3H6F3OP. The largest absolute Gasteiger partial charge is 0.395 e. The van der Waals surface area contributed by atoms with Gasteiger partial charge in [0.05, 0.1) is 14.0 Å². The van der Waals surface area contributed by atoms with Gasteiger partial charge in [0.1, 0.15) is 0 Å². The molecule has 0 aliphatic rings. The van der Waals surface area contributed by atoms with Gasteiger partial charge >= 0.3 is 6.18 Å². The van der Waals surface area contributed by atoms with Crippen molar-refractivity contribution in [3.63, 3.8) is 0 Å². The second kappa shape index (κ2) is 2.53. The minimum atomic E-state index is -4.25. The maximum absolute atomic E-state index is 11.1. The van der Waals surface area contributed by atoms with Gasteiger partial charge in [-0.2, -0.15) is 13.2 Å². The Labute approximate surface area is 45.7 Å². The molecule has 0 rings (SSSR count). The van der Waals surface area contributed by atoms with Crippen LogP contribution in [-0.4, -0.2) is 19.0 Å². The monoisotopic (exact) mass is 146 g/mol. The van der Waals surface area contributed by atoms with Gasteiger partial charge in [0.15, 0.2) is 0 Å². The standard InChI is InChI=1S/C3H6F3OP/c1-8(7)2-3(4,5)6/h8H,2H2,1H3. The van der Waals surface area contributed by atoms with Gasteiger partial charge in [-0.1, -0.05) is 0 Å². The van der Waals surface area contributed by atoms with Crippen molar-refractivity contribution in [1.29, 1.82) is 0 Å². The Hall–Kier alpha value is 0.0200. The Kier molecular flexibility index (Phi) is 2.54. The van der Waals surface area contributed by atoms with E-state index in [1.807, 2.05) is 0 Å². The fraction of sp³-hybridized carbons (Fsp3) is 1.00. The van der Waals surface area contributed by atoms with E-state index in [0.29, 0.717) is 0 Å². The molecule has 1 unspecified atom stereocenters. The summed E-state index contributed by atoms with van der Waals surface area (Å²) < 4.78 is 43.3. The minimum absolute atomic E-state index is 1.10. The van der Waals surface area contributed by atoms with Crippen molar-refractivity contribution in [1.82, 2.24) is 0 Å². The molecule has 0 saturated carbocycles. The van der Waals surface area contributed by atoms with Crippen LogP contribution in [0.5, 0.6) is 0 Å². The van der Waals surface area contributed by atoms with E-state index in [1.54, 1.807) is 0 Å². The van der Waals surface area contributed by atoms with E-state index < -0.39 is 20.1 Å². The zero-order valence-electron chi connectivity index (χ0n) is 4.25. The average molecular weight is 146 g/mol. The Morgan fingerprint density at radius 1 is 1.50 bits per heavy atom. The summed E-state index contributed by atoms with van der Waals surface area (Å²) in [6.45, 7) is 1.10. The van der Waals surface area contributed by atoms with Crippen molar-refractivity contribution in [2.45, 2.75) is 6.18 Å². The summed E-state index contributed by atoms with van der Waals surface area (Å²) in [5.74, 6) is 0. The molecule has 8 heavy (non-hydrogen) atoms. The first kappa shape index (κ1) is 8.02. The van der Waals surface area contributed by atoms with E-state index >= 15 is 0 Å². The van der Waals surface area contributed by atoms with Gasteiger partial charge in [0, 0.05) is 0 Å². The van der Waals surface area contributed by atoms with Gasteiger partial charge in [0.2, 0.25) is 0 Å². The summed E-state index contributed by atoms with van der Waals surface area (Å²) in [6.07, 6.45) is -5.37. The number of hydrogen-bond acceptors (Lipinski definition) is 1. The van der Waals surface area contributed by atoms with E-state index in [1.165, 1.54) is 0 Å². The van der Waals surface area contributed by atoms with Crippen LogP contribution in [0.15, 0.2) is 0 Å². The number of hydrogen-bond donors (Lipinski definition) is 0. The van der Waals surface area contributed by atoms with E-state index in [-0.39, 0.29) is 0 Å². The SMILES string of the molecule is C[PH](=O)CC(F)(F)F. The topological polar surface area (TPSA) is 17.1 Å². The van der Waals surface area contributed by atoms with Crippen molar-refractivity contribution in [2.75, 3.05) is 12.8 Å². The zero-order chi connectivity index (χ0) is 6.78. The molecule has 0 aromatic rings. The van der Waals surface area contributed by atoms with Crippen LogP contribution in [0.1, 0.15) is 0 Å². The molecule has 0 aromatic heterocycles. The molecule has 0 amide bonds. The minimum Gasteiger partial charge on any atom is -0.327 e. The highest BCUT2D eigenvalue weighted by Crippen LogP contribution is 2.27. The summed E-state index contributed by atoms with van der Waals surface area (Å²) in [7, 11) is -2.37. The first-order chi connectivity index (χ1) is 3.42. The first-order valence-corrected chi connectivity index (χ1v) is 4.09. The summed E-state index contributed by atoms with van der Waals surface area (Å²) in [5.41, 5.74) is 0. The molecule has 0 aromatic carbocycles. The maximum atomic E-state index is 11.1. The molecule has 0 radical (unpaired) electrons. The third-order valence-corrected chi connectivity index (χ3v) is 1.35. The third kappa shape index (κ3) is 6.02. The average Bonchev–Trinajstić information content (AvgIpc) is 1.21. The van der Waals surface area contributed by atoms with Crippen LogP contribution in [0.4, 0.5) is 13.2 Å². The van der Waals surface area contributed by atoms with Crippen molar-refractivity contribution in [3.05, 3.63) is 0 Å². The van der Waals surface area contributed by atoms with Gasteiger partial charge in [-0.05, 0) is 6.66 Å². The Bertz CT molecular complexity index is 97.2. The zero-order valence-corrected chi connectivity index (χ0v) is 5.25. The molecule has 0 aliphatic carbocycles. The quantitative estimate of drug-likeness (QED) is 0.515. The normalized spacial score (nSPS) is 16.0. The van der Waals surface area contributed by atoms with Gasteiger partial charge in [-0.3, -0.25) is 0 Å². The van der Waals surface area contributed by atoms with Crippen LogP contribution in [0.25, 0.3) is 0 Å². The third-order valence-electron chi connectivity index (χ3n) is 0.449. The van der Waals surface area contributed by atoms with Crippen LogP contribution in [0.2, 0.25) is 0 Å². The highest BCUT2D eigenvalue weighted by atomic mass is 31.1. The van der Waals surface area contributed by atoms with Crippen LogP contribution in [0.3, 0.4) is 0 Å². The predicted octanol–water partition coefficient (Wildman–Crippen LogP) is 1.74. The molecule has 1 nitrogen and oxygen atoms in total. The molecule has 1 atom stereocenters. The van der Waals surface area contributed by atoms with E-state index in [9.17, 15) is 17.7 Å².